The maximum Gasteiger partial charge on any atom is 0.155 e. The van der Waals surface area contributed by atoms with Gasteiger partial charge < -0.3 is 0 Å². The highest BCUT2D eigenvalue weighted by Gasteiger charge is 2.68. The van der Waals surface area contributed by atoms with Crippen LogP contribution in [-0.2, 0) is 0 Å². The molecule has 4 heteroatoms. The lowest BCUT2D eigenvalue weighted by molar-refractivity contribution is -0.158. The Hall–Kier alpha value is 0.335. The Balaban J connectivity index is 0.631. The SMILES string of the molecule is C1CCC(C2CCC(N(CC3CC4SC5CCC(C6CC[C@@H]7C8CCC[C@@H]9CCCC(C89)[C@@H]8CCC[C@H]6C78)C[C@H]5B5C6C[C@@H]([C@H]7CC[C@H]8C9CCCC%10CCCC(C%11CCCC7C%118)C%109)CC[C@H]6N(C6[C@@H](C7CCCCC7)CCC[C@H]6C6CCCCC6)C(C3)[C@H]54)C3CCC(C4CCCCC4)CC3)CC2)CC1. The third-order valence-corrected chi connectivity index (χ3v) is 45.3. The van der Waals surface area contributed by atoms with Crippen LogP contribution in [0.3, 0.4) is 0 Å². The third-order valence-electron chi connectivity index (χ3n) is 43.5. The molecule has 586 valence electrons. The molecular formula is C101H163BN2S. The van der Waals surface area contributed by atoms with E-state index in [0.29, 0.717) is 0 Å². The zero-order valence-electron chi connectivity index (χ0n) is 68.2. The van der Waals surface area contributed by atoms with Crippen LogP contribution in [0.2, 0.25) is 17.5 Å². The van der Waals surface area contributed by atoms with Crippen molar-refractivity contribution in [1.82, 2.24) is 9.80 Å². The van der Waals surface area contributed by atoms with Crippen molar-refractivity contribution in [3.05, 3.63) is 0 Å². The second kappa shape index (κ2) is 31.1. The minimum Gasteiger partial charge on any atom is -0.297 e. The second-order valence-corrected chi connectivity index (χ2v) is 48.0. The average Bonchev–Trinajstić information content (AvgIpc) is 0.706. The lowest BCUT2D eigenvalue weighted by Gasteiger charge is -2.69. The first-order valence-corrected chi connectivity index (χ1v) is 52.2. The van der Waals surface area contributed by atoms with Crippen LogP contribution in [0.25, 0.3) is 0 Å². The zero-order chi connectivity index (χ0) is 68.8. The summed E-state index contributed by atoms with van der Waals surface area (Å²) in [6, 6.07) is 4.47. The Morgan fingerprint density at radius 3 is 1.06 bits per heavy atom. The molecule has 0 aromatic heterocycles. The molecule has 20 saturated carbocycles. The van der Waals surface area contributed by atoms with Crippen LogP contribution in [-0.4, -0.2) is 63.8 Å². The first-order valence-electron chi connectivity index (χ1n) is 51.3. The number of hydrogen-bond acceptors (Lipinski definition) is 3. The maximum absolute atomic E-state index is 3.95. The van der Waals surface area contributed by atoms with Crippen LogP contribution >= 0.6 is 11.8 Å². The van der Waals surface area contributed by atoms with Crippen molar-refractivity contribution in [2.75, 3.05) is 6.54 Å². The van der Waals surface area contributed by atoms with E-state index < -0.39 is 0 Å². The molecule has 0 N–H and O–H groups in total. The zero-order valence-corrected chi connectivity index (χ0v) is 69.1. The Labute approximate surface area is 652 Å². The Morgan fingerprint density at radius 1 is 0.238 bits per heavy atom. The van der Waals surface area contributed by atoms with Gasteiger partial charge in [-0.2, -0.15) is 11.8 Å². The maximum atomic E-state index is 3.95. The van der Waals surface area contributed by atoms with Crippen LogP contribution in [0.4, 0.5) is 0 Å². The topological polar surface area (TPSA) is 6.48 Å². The molecule has 22 rings (SSSR count). The van der Waals surface area contributed by atoms with Gasteiger partial charge in [0.2, 0.25) is 0 Å². The largest absolute Gasteiger partial charge is 0.297 e. The van der Waals surface area contributed by atoms with E-state index in [9.17, 15) is 0 Å². The molecule has 0 radical (unpaired) electrons. The number of thioether (sulfide) groups is 1. The minimum absolute atomic E-state index is 0.885. The lowest BCUT2D eigenvalue weighted by Crippen LogP contribution is -2.72. The predicted molar refractivity (Wildman–Crippen MR) is 443 cm³/mol. The molecule has 105 heavy (non-hydrogen) atoms. The summed E-state index contributed by atoms with van der Waals surface area (Å²) in [7, 11) is 0. The molecule has 2 saturated heterocycles. The van der Waals surface area contributed by atoms with E-state index in [2.05, 4.69) is 21.6 Å². The highest BCUT2D eigenvalue weighted by atomic mass is 32.2. The van der Waals surface area contributed by atoms with E-state index in [0.717, 1.165) is 236 Å². The summed E-state index contributed by atoms with van der Waals surface area (Å²) in [5, 5.41) is 1.92. The third kappa shape index (κ3) is 13.0. The van der Waals surface area contributed by atoms with Crippen LogP contribution in [0, 0.1) is 172 Å². The minimum atomic E-state index is 0.885. The van der Waals surface area contributed by atoms with Crippen molar-refractivity contribution < 1.29 is 0 Å². The van der Waals surface area contributed by atoms with Crippen LogP contribution in [0.15, 0.2) is 0 Å². The van der Waals surface area contributed by atoms with Gasteiger partial charge in [-0.15, -0.1) is 0 Å². The van der Waals surface area contributed by atoms with Gasteiger partial charge in [0, 0.05) is 47.3 Å². The highest BCUT2D eigenvalue weighted by molar-refractivity contribution is 8.00. The van der Waals surface area contributed by atoms with E-state index in [1.54, 1.807) is 379 Å². The standard InChI is InChI=1S/C101H163BN2S/c1-5-20-64(21-6-1)66-42-48-74(49-43-66)103(75-50-44-67(45-51-75)65-22-7-2-8-23-65)62-63-58-93-100-95(59-63)105-94-57-47-73(77-53-55-89-85-37-16-31-71-29-14-35-83(97(71)85)87-41-19-39-81(77)99(87)89)61-91(94)102(100)90-60-72(76-52-54-88-84-36-15-30-70-28-13-34-82(96(70)84)86-40-18-38-80(76)98(86)88)46-56-92(90)104(93)101-78(68-24-9-3-10-25-68)32-17-33-79(101)69-26-11-4-12-27-69/h63-101H,1-62H2/t63?,66?,67?,70?,71-,72-,73?,74?,75?,76+,77?,78-,79+,80?,81+,82?,83?,84?,85?,86?,87-,88-,89+,90?,91+,92+,93?,94?,95?,96?,97?,98?,99?,100-,101?/m0/s1. The van der Waals surface area contributed by atoms with E-state index in [-0.39, 0.29) is 0 Å². The van der Waals surface area contributed by atoms with Crippen LogP contribution in [0.5, 0.6) is 0 Å². The molecule has 2 nitrogen and oxygen atoms in total. The number of fused-ring (bicyclic) bond motifs is 8. The van der Waals surface area contributed by atoms with E-state index in [4.69, 9.17) is 0 Å². The smallest absolute Gasteiger partial charge is 0.155 e. The Kier molecular flexibility index (Phi) is 21.3. The van der Waals surface area contributed by atoms with Gasteiger partial charge in [-0.05, 0) is 369 Å². The summed E-state index contributed by atoms with van der Waals surface area (Å²) >= 11 is 2.87. The molecule has 31 atom stereocenters. The van der Waals surface area contributed by atoms with E-state index >= 15 is 0 Å². The predicted octanol–water partition coefficient (Wildman–Crippen LogP) is 27.5. The van der Waals surface area contributed by atoms with Gasteiger partial charge in [-0.25, -0.2) is 0 Å². The average molecular weight is 1450 g/mol. The summed E-state index contributed by atoms with van der Waals surface area (Å²) in [6.45, 7) is 2.57. The number of nitrogens with zero attached hydrogens (tertiary/aromatic N) is 2. The van der Waals surface area contributed by atoms with Gasteiger partial charge >= 0.3 is 0 Å². The molecule has 19 unspecified atom stereocenters. The molecule has 0 amide bonds. The monoisotopic (exact) mass is 1450 g/mol. The normalized spacial score (nSPS) is 53.5. The summed E-state index contributed by atoms with van der Waals surface area (Å²) in [4.78, 5) is 7.48. The molecule has 2 heterocycles. The Morgan fingerprint density at radius 2 is 0.590 bits per heavy atom. The highest BCUT2D eigenvalue weighted by Crippen LogP contribution is 2.73. The summed E-state index contributed by atoms with van der Waals surface area (Å²) in [5.74, 6) is 34.6. The van der Waals surface area contributed by atoms with Crippen molar-refractivity contribution >= 4 is 18.5 Å². The van der Waals surface area contributed by atoms with Crippen molar-refractivity contribution in [2.45, 2.75) is 450 Å². The fraction of sp³-hybridized carbons (Fsp3) is 1.00. The fourth-order valence-corrected chi connectivity index (χ4v) is 42.6. The van der Waals surface area contributed by atoms with E-state index in [1.807, 2.05) is 0 Å². The molecule has 22 fully saturated rings. The molecule has 0 aromatic rings. The molecule has 0 bridgehead atoms. The van der Waals surface area contributed by atoms with Gasteiger partial charge in [0.15, 0.2) is 6.71 Å². The van der Waals surface area contributed by atoms with Crippen molar-refractivity contribution in [1.29, 1.82) is 0 Å². The van der Waals surface area contributed by atoms with Crippen LogP contribution < -0.4 is 0 Å². The fourth-order valence-electron chi connectivity index (χ4n) is 40.5. The van der Waals surface area contributed by atoms with Gasteiger partial charge in [-0.1, -0.05) is 212 Å². The lowest BCUT2D eigenvalue weighted by atomic mass is 9.19. The molecular weight excluding hydrogens is 1280 g/mol. The first-order chi connectivity index (χ1) is 52.1. The van der Waals surface area contributed by atoms with Crippen molar-refractivity contribution in [3.63, 3.8) is 0 Å². The second-order valence-electron chi connectivity index (χ2n) is 46.5. The molecule has 0 aromatic carbocycles. The van der Waals surface area contributed by atoms with E-state index in [1.165, 1.54) is 19.4 Å². The van der Waals surface area contributed by atoms with Crippen molar-refractivity contribution in [3.8, 4) is 0 Å². The van der Waals surface area contributed by atoms with Gasteiger partial charge in [0.1, 0.15) is 0 Å². The van der Waals surface area contributed by atoms with Crippen molar-refractivity contribution in [2.24, 2.45) is 172 Å². The molecule has 22 aliphatic rings. The summed E-state index contributed by atoms with van der Waals surface area (Å²) < 4.78 is 0. The molecule has 20 aliphatic carbocycles. The number of hydrogen-bond donors (Lipinski definition) is 0. The summed E-state index contributed by atoms with van der Waals surface area (Å²) in [6.07, 6.45) is 98.2. The van der Waals surface area contributed by atoms with Gasteiger partial charge in [-0.3, -0.25) is 9.80 Å². The van der Waals surface area contributed by atoms with Crippen LogP contribution in [0.1, 0.15) is 392 Å². The first kappa shape index (κ1) is 71.8. The molecule has 2 aliphatic heterocycles. The van der Waals surface area contributed by atoms with Gasteiger partial charge in [0.05, 0.1) is 0 Å². The summed E-state index contributed by atoms with van der Waals surface area (Å²) in [5.41, 5.74) is 0. The quantitative estimate of drug-likeness (QED) is 0.190. The molecule has 0 spiro atoms. The Bertz CT molecular complexity index is 2750. The van der Waals surface area contributed by atoms with Gasteiger partial charge in [0.25, 0.3) is 0 Å². The number of rotatable bonds is 11.